The molecule has 2 nitrogen and oxygen atoms in total. The zero-order valence-corrected chi connectivity index (χ0v) is 10.4. The molecule has 0 saturated heterocycles. The average molecular weight is 271 g/mol. The van der Waals surface area contributed by atoms with Gasteiger partial charge in [0.1, 0.15) is 5.75 Å². The third-order valence-electron chi connectivity index (χ3n) is 1.98. The van der Waals surface area contributed by atoms with Crippen LogP contribution in [0.4, 0.5) is 0 Å². The van der Waals surface area contributed by atoms with E-state index in [-0.39, 0.29) is 0 Å². The monoisotopic (exact) mass is 270 g/mol. The van der Waals surface area contributed by atoms with E-state index in [9.17, 15) is 0 Å². The molecule has 0 heterocycles. The fraction of sp³-hybridized carbons (Fsp3) is 0.333. The zero-order chi connectivity index (χ0) is 11.1. The standard InChI is InChI=1S/C12H15BrO2/c1-3-4-7-15-9-10-8-11(14-2)5-6-12(10)13/h3,5-6,8H,1,4,7,9H2,2H3. The minimum atomic E-state index is 0.589. The Morgan fingerprint density at radius 3 is 2.93 bits per heavy atom. The van der Waals surface area contributed by atoms with Crippen molar-refractivity contribution in [3.05, 3.63) is 40.9 Å². The van der Waals surface area contributed by atoms with Crippen molar-refractivity contribution in [3.8, 4) is 5.75 Å². The van der Waals surface area contributed by atoms with Crippen LogP contribution in [0.1, 0.15) is 12.0 Å². The minimum Gasteiger partial charge on any atom is -0.497 e. The molecule has 1 rings (SSSR count). The summed E-state index contributed by atoms with van der Waals surface area (Å²) < 4.78 is 11.7. The number of rotatable bonds is 6. The lowest BCUT2D eigenvalue weighted by atomic mass is 10.2. The molecule has 0 radical (unpaired) electrons. The Labute approximate surface area is 99.0 Å². The van der Waals surface area contributed by atoms with E-state index in [0.29, 0.717) is 13.2 Å². The molecule has 0 atom stereocenters. The SMILES string of the molecule is C=CCCOCc1cc(OC)ccc1Br. The topological polar surface area (TPSA) is 18.5 Å². The van der Waals surface area contributed by atoms with E-state index in [2.05, 4.69) is 22.5 Å². The van der Waals surface area contributed by atoms with Gasteiger partial charge in [0.05, 0.1) is 20.3 Å². The maximum Gasteiger partial charge on any atom is 0.119 e. The summed E-state index contributed by atoms with van der Waals surface area (Å²) in [5.41, 5.74) is 1.10. The molecular formula is C12H15BrO2. The van der Waals surface area contributed by atoms with Crippen LogP contribution >= 0.6 is 15.9 Å². The third kappa shape index (κ3) is 4.06. The second kappa shape index (κ2) is 6.64. The molecule has 0 unspecified atom stereocenters. The lowest BCUT2D eigenvalue weighted by molar-refractivity contribution is 0.125. The first-order valence-corrected chi connectivity index (χ1v) is 5.58. The summed E-state index contributed by atoms with van der Waals surface area (Å²) in [6.45, 7) is 4.93. The van der Waals surface area contributed by atoms with Gasteiger partial charge in [0, 0.05) is 4.47 Å². The molecule has 0 aromatic heterocycles. The number of benzene rings is 1. The molecule has 82 valence electrons. The van der Waals surface area contributed by atoms with Crippen molar-refractivity contribution in [1.29, 1.82) is 0 Å². The van der Waals surface area contributed by atoms with Gasteiger partial charge in [-0.15, -0.1) is 6.58 Å². The minimum absolute atomic E-state index is 0.589. The maximum atomic E-state index is 5.48. The summed E-state index contributed by atoms with van der Waals surface area (Å²) >= 11 is 3.47. The van der Waals surface area contributed by atoms with E-state index < -0.39 is 0 Å². The maximum absolute atomic E-state index is 5.48. The lowest BCUT2D eigenvalue weighted by Crippen LogP contribution is -1.96. The Hall–Kier alpha value is -0.800. The van der Waals surface area contributed by atoms with Crippen molar-refractivity contribution in [1.82, 2.24) is 0 Å². The summed E-state index contributed by atoms with van der Waals surface area (Å²) in [6.07, 6.45) is 2.72. The fourth-order valence-corrected chi connectivity index (χ4v) is 1.50. The summed E-state index contributed by atoms with van der Waals surface area (Å²) in [6, 6.07) is 5.85. The molecule has 0 spiro atoms. The predicted octanol–water partition coefficient (Wildman–Crippen LogP) is 3.55. The van der Waals surface area contributed by atoms with Crippen molar-refractivity contribution < 1.29 is 9.47 Å². The Kier molecular flexibility index (Phi) is 5.43. The van der Waals surface area contributed by atoms with Gasteiger partial charge < -0.3 is 9.47 Å². The van der Waals surface area contributed by atoms with Crippen molar-refractivity contribution in [2.75, 3.05) is 13.7 Å². The van der Waals surface area contributed by atoms with Crippen LogP contribution in [0.15, 0.2) is 35.3 Å². The van der Waals surface area contributed by atoms with Crippen molar-refractivity contribution in [3.63, 3.8) is 0 Å². The summed E-state index contributed by atoms with van der Waals surface area (Å²) in [4.78, 5) is 0. The number of hydrogen-bond donors (Lipinski definition) is 0. The first-order valence-electron chi connectivity index (χ1n) is 4.79. The van der Waals surface area contributed by atoms with E-state index in [1.54, 1.807) is 7.11 Å². The molecule has 0 N–H and O–H groups in total. The second-order valence-electron chi connectivity index (χ2n) is 3.09. The highest BCUT2D eigenvalue weighted by atomic mass is 79.9. The van der Waals surface area contributed by atoms with Crippen molar-refractivity contribution in [2.45, 2.75) is 13.0 Å². The first kappa shape index (κ1) is 12.3. The molecule has 0 bridgehead atoms. The largest absolute Gasteiger partial charge is 0.497 e. The van der Waals surface area contributed by atoms with Crippen LogP contribution in [-0.2, 0) is 11.3 Å². The van der Waals surface area contributed by atoms with Crippen LogP contribution in [0.5, 0.6) is 5.75 Å². The molecular weight excluding hydrogens is 256 g/mol. The van der Waals surface area contributed by atoms with Gasteiger partial charge in [0.25, 0.3) is 0 Å². The molecule has 0 aliphatic carbocycles. The van der Waals surface area contributed by atoms with Crippen LogP contribution in [0, 0.1) is 0 Å². The number of hydrogen-bond acceptors (Lipinski definition) is 2. The van der Waals surface area contributed by atoms with Crippen molar-refractivity contribution in [2.24, 2.45) is 0 Å². The van der Waals surface area contributed by atoms with E-state index >= 15 is 0 Å². The van der Waals surface area contributed by atoms with E-state index in [4.69, 9.17) is 9.47 Å². The van der Waals surface area contributed by atoms with Crippen LogP contribution in [0.2, 0.25) is 0 Å². The van der Waals surface area contributed by atoms with Crippen LogP contribution in [-0.4, -0.2) is 13.7 Å². The smallest absolute Gasteiger partial charge is 0.119 e. The molecule has 0 aliphatic heterocycles. The Bertz CT molecular complexity index is 323. The van der Waals surface area contributed by atoms with Crippen LogP contribution in [0.3, 0.4) is 0 Å². The van der Waals surface area contributed by atoms with Crippen LogP contribution in [0.25, 0.3) is 0 Å². The van der Waals surface area contributed by atoms with Gasteiger partial charge in [0.15, 0.2) is 0 Å². The van der Waals surface area contributed by atoms with Gasteiger partial charge in [-0.25, -0.2) is 0 Å². The fourth-order valence-electron chi connectivity index (χ4n) is 1.14. The molecule has 1 aromatic carbocycles. The van der Waals surface area contributed by atoms with Crippen molar-refractivity contribution >= 4 is 15.9 Å². The molecule has 0 saturated carbocycles. The Morgan fingerprint density at radius 1 is 1.47 bits per heavy atom. The van der Waals surface area contributed by atoms with Gasteiger partial charge in [-0.05, 0) is 30.2 Å². The Morgan fingerprint density at radius 2 is 2.27 bits per heavy atom. The third-order valence-corrected chi connectivity index (χ3v) is 2.75. The molecule has 15 heavy (non-hydrogen) atoms. The van der Waals surface area contributed by atoms with E-state index in [1.807, 2.05) is 24.3 Å². The number of ether oxygens (including phenoxy) is 2. The highest BCUT2D eigenvalue weighted by Gasteiger charge is 2.01. The molecule has 0 aliphatic rings. The van der Waals surface area contributed by atoms with Gasteiger partial charge >= 0.3 is 0 Å². The van der Waals surface area contributed by atoms with E-state index in [0.717, 1.165) is 22.2 Å². The lowest BCUT2D eigenvalue weighted by Gasteiger charge is -2.07. The predicted molar refractivity (Wildman–Crippen MR) is 65.2 cm³/mol. The van der Waals surface area contributed by atoms with Gasteiger partial charge in [-0.2, -0.15) is 0 Å². The summed E-state index contributed by atoms with van der Waals surface area (Å²) in [7, 11) is 1.66. The number of halogens is 1. The first-order chi connectivity index (χ1) is 7.27. The van der Waals surface area contributed by atoms with Gasteiger partial charge in [-0.3, -0.25) is 0 Å². The highest BCUT2D eigenvalue weighted by Crippen LogP contribution is 2.23. The highest BCUT2D eigenvalue weighted by molar-refractivity contribution is 9.10. The average Bonchev–Trinajstić information content (AvgIpc) is 2.26. The zero-order valence-electron chi connectivity index (χ0n) is 8.83. The normalized spacial score (nSPS) is 10.0. The van der Waals surface area contributed by atoms with Crippen LogP contribution < -0.4 is 4.74 Å². The molecule has 1 aromatic rings. The summed E-state index contributed by atoms with van der Waals surface area (Å²) in [5.74, 6) is 0.848. The molecule has 3 heteroatoms. The molecule has 0 fully saturated rings. The Balaban J connectivity index is 2.54. The second-order valence-corrected chi connectivity index (χ2v) is 3.94. The van der Waals surface area contributed by atoms with Gasteiger partial charge in [-0.1, -0.05) is 22.0 Å². The van der Waals surface area contributed by atoms with E-state index in [1.165, 1.54) is 0 Å². The quantitative estimate of drug-likeness (QED) is 0.582. The molecule has 0 amide bonds. The summed E-state index contributed by atoms with van der Waals surface area (Å²) in [5, 5.41) is 0. The van der Waals surface area contributed by atoms with Gasteiger partial charge in [0.2, 0.25) is 0 Å². The number of methoxy groups -OCH3 is 1.